The molecule has 2 rings (SSSR count). The van der Waals surface area contributed by atoms with Gasteiger partial charge in [-0.05, 0) is 48.9 Å². The van der Waals surface area contributed by atoms with Gasteiger partial charge < -0.3 is 10.6 Å². The fourth-order valence-corrected chi connectivity index (χ4v) is 3.38. The first-order chi connectivity index (χ1) is 11.8. The molecule has 0 atom stereocenters. The van der Waals surface area contributed by atoms with Crippen molar-refractivity contribution < 1.29 is 9.59 Å². The number of hydrogen-bond donors (Lipinski definition) is 2. The summed E-state index contributed by atoms with van der Waals surface area (Å²) in [7, 11) is 0. The van der Waals surface area contributed by atoms with E-state index in [1.165, 1.54) is 11.8 Å². The van der Waals surface area contributed by atoms with Gasteiger partial charge in [-0.2, -0.15) is 0 Å². The van der Waals surface area contributed by atoms with Crippen molar-refractivity contribution in [2.24, 2.45) is 0 Å². The van der Waals surface area contributed by atoms with Gasteiger partial charge in [0.05, 0.1) is 11.5 Å². The zero-order valence-corrected chi connectivity index (χ0v) is 16.3. The number of hydrogen-bond acceptors (Lipinski definition) is 3. The van der Waals surface area contributed by atoms with Crippen LogP contribution in [-0.2, 0) is 9.59 Å². The van der Waals surface area contributed by atoms with Crippen molar-refractivity contribution in [2.45, 2.75) is 6.92 Å². The Morgan fingerprint density at radius 2 is 1.48 bits per heavy atom. The second kappa shape index (κ2) is 9.34. The largest absolute Gasteiger partial charge is 0.325 e. The number of carbonyl (C=O) groups is 2. The van der Waals surface area contributed by atoms with Crippen molar-refractivity contribution >= 4 is 69.8 Å². The van der Waals surface area contributed by atoms with E-state index in [-0.39, 0.29) is 23.3 Å². The van der Waals surface area contributed by atoms with Crippen molar-refractivity contribution in [1.82, 2.24) is 0 Å². The Kier molecular flexibility index (Phi) is 7.44. The number of aryl methyl sites for hydroxylation is 1. The predicted molar refractivity (Wildman–Crippen MR) is 107 cm³/mol. The van der Waals surface area contributed by atoms with Crippen molar-refractivity contribution in [3.8, 4) is 0 Å². The Bertz CT molecular complexity index is 779. The fourth-order valence-electron chi connectivity index (χ4n) is 2.01. The molecule has 4 nitrogen and oxygen atoms in total. The van der Waals surface area contributed by atoms with Crippen LogP contribution in [0.5, 0.6) is 0 Å². The van der Waals surface area contributed by atoms with Gasteiger partial charge in [-0.15, -0.1) is 11.8 Å². The summed E-state index contributed by atoms with van der Waals surface area (Å²) in [4.78, 5) is 23.8. The number of carbonyl (C=O) groups excluding carboxylic acids is 2. The van der Waals surface area contributed by atoms with Gasteiger partial charge in [0, 0.05) is 26.4 Å². The van der Waals surface area contributed by atoms with Crippen LogP contribution in [0.1, 0.15) is 5.56 Å². The Balaban J connectivity index is 1.77. The van der Waals surface area contributed by atoms with Gasteiger partial charge in [-0.3, -0.25) is 9.59 Å². The highest BCUT2D eigenvalue weighted by Crippen LogP contribution is 2.23. The highest BCUT2D eigenvalue weighted by Gasteiger charge is 2.09. The Hall–Kier alpha value is -1.40. The van der Waals surface area contributed by atoms with Crippen LogP contribution in [0, 0.1) is 6.92 Å². The average molecular weight is 418 g/mol. The molecule has 0 bridgehead atoms. The molecule has 0 heterocycles. The van der Waals surface area contributed by atoms with Crippen molar-refractivity contribution in [1.29, 1.82) is 0 Å². The Morgan fingerprint density at radius 1 is 0.880 bits per heavy atom. The molecule has 0 aromatic heterocycles. The van der Waals surface area contributed by atoms with Gasteiger partial charge in [0.1, 0.15) is 0 Å². The SMILES string of the molecule is Cc1cc(Cl)ccc1NC(=O)CSCC(=O)Nc1cc(Cl)cc(Cl)c1. The van der Waals surface area contributed by atoms with Gasteiger partial charge in [0.2, 0.25) is 11.8 Å². The molecule has 2 aromatic carbocycles. The minimum atomic E-state index is -0.237. The standard InChI is InChI=1S/C17H15Cl3N2O2S/c1-10-4-11(18)2-3-15(10)22-17(24)9-25-8-16(23)21-14-6-12(19)5-13(20)7-14/h2-7H,8-9H2,1H3,(H,21,23)(H,22,24). The molecule has 0 unspecified atom stereocenters. The molecule has 0 aliphatic heterocycles. The van der Waals surface area contributed by atoms with E-state index < -0.39 is 0 Å². The monoisotopic (exact) mass is 416 g/mol. The first kappa shape index (κ1) is 19.9. The summed E-state index contributed by atoms with van der Waals surface area (Å²) >= 11 is 18.8. The lowest BCUT2D eigenvalue weighted by Crippen LogP contribution is -2.18. The van der Waals surface area contributed by atoms with E-state index in [0.717, 1.165) is 5.56 Å². The second-order valence-electron chi connectivity index (χ2n) is 5.21. The molecule has 0 saturated carbocycles. The number of nitrogens with one attached hydrogen (secondary N) is 2. The van der Waals surface area contributed by atoms with E-state index in [4.69, 9.17) is 34.8 Å². The minimum Gasteiger partial charge on any atom is -0.325 e. The molecule has 0 aliphatic carbocycles. The third kappa shape index (κ3) is 6.78. The molecule has 2 amide bonds. The van der Waals surface area contributed by atoms with Gasteiger partial charge >= 0.3 is 0 Å². The maximum absolute atomic E-state index is 11.9. The van der Waals surface area contributed by atoms with Crippen molar-refractivity contribution in [2.75, 3.05) is 22.1 Å². The first-order valence-electron chi connectivity index (χ1n) is 7.23. The lowest BCUT2D eigenvalue weighted by atomic mass is 10.2. The molecule has 0 radical (unpaired) electrons. The third-order valence-corrected chi connectivity index (χ3v) is 4.68. The molecule has 2 N–H and O–H groups in total. The van der Waals surface area contributed by atoms with Gasteiger partial charge in [0.25, 0.3) is 0 Å². The number of rotatable bonds is 6. The van der Waals surface area contributed by atoms with Crippen molar-refractivity contribution in [3.05, 3.63) is 57.0 Å². The number of amides is 2. The molecule has 8 heteroatoms. The smallest absolute Gasteiger partial charge is 0.234 e. The van der Waals surface area contributed by atoms with Gasteiger partial charge in [0.15, 0.2) is 0 Å². The zero-order chi connectivity index (χ0) is 18.4. The summed E-state index contributed by atoms with van der Waals surface area (Å²) in [6.07, 6.45) is 0. The Morgan fingerprint density at radius 3 is 2.08 bits per heavy atom. The highest BCUT2D eigenvalue weighted by molar-refractivity contribution is 8.00. The molecule has 132 valence electrons. The summed E-state index contributed by atoms with van der Waals surface area (Å²) < 4.78 is 0. The first-order valence-corrected chi connectivity index (χ1v) is 9.52. The van der Waals surface area contributed by atoms with E-state index in [9.17, 15) is 9.59 Å². The molecule has 25 heavy (non-hydrogen) atoms. The lowest BCUT2D eigenvalue weighted by Gasteiger charge is -2.09. The van der Waals surface area contributed by atoms with Crippen LogP contribution in [0.3, 0.4) is 0 Å². The Labute approximate surface area is 165 Å². The van der Waals surface area contributed by atoms with Gasteiger partial charge in [-0.25, -0.2) is 0 Å². The molecule has 0 aliphatic rings. The molecule has 0 saturated heterocycles. The maximum atomic E-state index is 11.9. The highest BCUT2D eigenvalue weighted by atomic mass is 35.5. The topological polar surface area (TPSA) is 58.2 Å². The van der Waals surface area contributed by atoms with Crippen LogP contribution >= 0.6 is 46.6 Å². The third-order valence-electron chi connectivity index (χ3n) is 3.08. The normalized spacial score (nSPS) is 10.4. The molecular weight excluding hydrogens is 403 g/mol. The summed E-state index contributed by atoms with van der Waals surface area (Å²) in [6.45, 7) is 1.86. The lowest BCUT2D eigenvalue weighted by molar-refractivity contribution is -0.114. The predicted octanol–water partition coefficient (Wildman–Crippen LogP) is 5.27. The maximum Gasteiger partial charge on any atom is 0.234 e. The minimum absolute atomic E-state index is 0.136. The quantitative estimate of drug-likeness (QED) is 0.673. The second-order valence-corrected chi connectivity index (χ2v) is 7.50. The van der Waals surface area contributed by atoms with E-state index >= 15 is 0 Å². The van der Waals surface area contributed by atoms with Crippen LogP contribution in [-0.4, -0.2) is 23.3 Å². The molecule has 0 spiro atoms. The van der Waals surface area contributed by atoms with Crippen molar-refractivity contribution in [3.63, 3.8) is 0 Å². The zero-order valence-electron chi connectivity index (χ0n) is 13.2. The van der Waals surface area contributed by atoms with Crippen LogP contribution in [0.2, 0.25) is 15.1 Å². The van der Waals surface area contributed by atoms with Crippen LogP contribution in [0.15, 0.2) is 36.4 Å². The molecule has 2 aromatic rings. The summed E-state index contributed by atoms with van der Waals surface area (Å²) in [5.41, 5.74) is 2.10. The summed E-state index contributed by atoms with van der Waals surface area (Å²) in [5.74, 6) is -0.129. The van der Waals surface area contributed by atoms with Crippen LogP contribution in [0.4, 0.5) is 11.4 Å². The summed E-state index contributed by atoms with van der Waals surface area (Å²) in [6, 6.07) is 10.0. The molecule has 0 fully saturated rings. The van der Waals surface area contributed by atoms with E-state index in [2.05, 4.69) is 10.6 Å². The summed E-state index contributed by atoms with van der Waals surface area (Å²) in [5, 5.41) is 6.97. The fraction of sp³-hybridized carbons (Fsp3) is 0.176. The number of benzene rings is 2. The average Bonchev–Trinajstić information content (AvgIpc) is 2.49. The van der Waals surface area contributed by atoms with Crippen LogP contribution < -0.4 is 10.6 Å². The van der Waals surface area contributed by atoms with E-state index in [1.807, 2.05) is 6.92 Å². The van der Waals surface area contributed by atoms with E-state index in [1.54, 1.807) is 36.4 Å². The number of halogens is 3. The van der Waals surface area contributed by atoms with Crippen LogP contribution in [0.25, 0.3) is 0 Å². The number of anilines is 2. The van der Waals surface area contributed by atoms with E-state index in [0.29, 0.717) is 26.4 Å². The number of thioether (sulfide) groups is 1. The molecular formula is C17H15Cl3N2O2S. The van der Waals surface area contributed by atoms with Gasteiger partial charge in [-0.1, -0.05) is 34.8 Å².